The van der Waals surface area contributed by atoms with Crippen molar-refractivity contribution in [2.75, 3.05) is 5.43 Å². The van der Waals surface area contributed by atoms with Gasteiger partial charge in [-0.25, -0.2) is 9.97 Å². The lowest BCUT2D eigenvalue weighted by Crippen LogP contribution is -2.28. The van der Waals surface area contributed by atoms with Crippen molar-refractivity contribution < 1.29 is 0 Å². The average Bonchev–Trinajstić information content (AvgIpc) is 3.13. The molecule has 0 spiro atoms. The van der Waals surface area contributed by atoms with Gasteiger partial charge in [0.1, 0.15) is 11.2 Å². The molecule has 1 aliphatic carbocycles. The Labute approximate surface area is 183 Å². The summed E-state index contributed by atoms with van der Waals surface area (Å²) >= 11 is 1.82. The minimum absolute atomic E-state index is 0.354. The lowest BCUT2D eigenvalue weighted by atomic mass is 9.69. The predicted molar refractivity (Wildman–Crippen MR) is 129 cm³/mol. The SMILES string of the molecule is CCC(C)(C)C1CCc2sc3ncnc(NN=CC(C)=Cc4ccccc4)c3c2C1. The maximum Gasteiger partial charge on any atom is 0.158 e. The lowest BCUT2D eigenvalue weighted by molar-refractivity contribution is 0.184. The van der Waals surface area contributed by atoms with Gasteiger partial charge in [-0.3, -0.25) is 5.43 Å². The van der Waals surface area contributed by atoms with Gasteiger partial charge in [-0.2, -0.15) is 5.10 Å². The van der Waals surface area contributed by atoms with Crippen molar-refractivity contribution in [3.63, 3.8) is 0 Å². The lowest BCUT2D eigenvalue weighted by Gasteiger charge is -2.36. The van der Waals surface area contributed by atoms with Gasteiger partial charge in [0.15, 0.2) is 5.82 Å². The number of benzene rings is 1. The van der Waals surface area contributed by atoms with Crippen LogP contribution < -0.4 is 5.43 Å². The van der Waals surface area contributed by atoms with E-state index in [9.17, 15) is 0 Å². The van der Waals surface area contributed by atoms with Crippen LogP contribution in [0.5, 0.6) is 0 Å². The van der Waals surface area contributed by atoms with Crippen molar-refractivity contribution in [1.29, 1.82) is 0 Å². The molecule has 0 aliphatic heterocycles. The van der Waals surface area contributed by atoms with Crippen LogP contribution in [0.4, 0.5) is 5.82 Å². The van der Waals surface area contributed by atoms with Crippen LogP contribution in [0.2, 0.25) is 0 Å². The van der Waals surface area contributed by atoms with Crippen LogP contribution in [-0.4, -0.2) is 16.2 Å². The summed E-state index contributed by atoms with van der Waals surface area (Å²) in [6.07, 6.45) is 10.3. The van der Waals surface area contributed by atoms with Crippen molar-refractivity contribution in [2.45, 2.75) is 53.4 Å². The Hall–Kier alpha value is -2.53. The maximum absolute atomic E-state index is 4.56. The third-order valence-corrected chi connectivity index (χ3v) is 7.69. The fourth-order valence-electron chi connectivity index (χ4n) is 4.19. The predicted octanol–water partition coefficient (Wildman–Crippen LogP) is 6.73. The number of nitrogens with one attached hydrogen (secondary N) is 1. The Bertz CT molecular complexity index is 1080. The largest absolute Gasteiger partial charge is 0.261 e. The van der Waals surface area contributed by atoms with Crippen molar-refractivity contribution >= 4 is 39.7 Å². The van der Waals surface area contributed by atoms with E-state index in [4.69, 9.17) is 0 Å². The normalized spacial score (nSPS) is 17.5. The van der Waals surface area contributed by atoms with Crippen LogP contribution >= 0.6 is 11.3 Å². The smallest absolute Gasteiger partial charge is 0.158 e. The summed E-state index contributed by atoms with van der Waals surface area (Å²) in [4.78, 5) is 11.6. The number of thiophene rings is 1. The van der Waals surface area contributed by atoms with Gasteiger partial charge in [0.2, 0.25) is 0 Å². The minimum Gasteiger partial charge on any atom is -0.261 e. The van der Waals surface area contributed by atoms with Gasteiger partial charge in [0.05, 0.1) is 11.6 Å². The highest BCUT2D eigenvalue weighted by Gasteiger charge is 2.33. The second kappa shape index (κ2) is 8.68. The molecule has 4 rings (SSSR count). The summed E-state index contributed by atoms with van der Waals surface area (Å²) in [6, 6.07) is 10.3. The highest BCUT2D eigenvalue weighted by Crippen LogP contribution is 2.45. The summed E-state index contributed by atoms with van der Waals surface area (Å²) in [5.41, 5.74) is 7.23. The molecule has 0 fully saturated rings. The number of hydrogen-bond acceptors (Lipinski definition) is 5. The highest BCUT2D eigenvalue weighted by molar-refractivity contribution is 7.19. The Balaban J connectivity index is 1.58. The first-order valence-corrected chi connectivity index (χ1v) is 11.6. The zero-order valence-electron chi connectivity index (χ0n) is 18.3. The second-order valence-corrected chi connectivity index (χ2v) is 9.94. The summed E-state index contributed by atoms with van der Waals surface area (Å²) in [5, 5.41) is 5.63. The molecular formula is C25H30N4S. The highest BCUT2D eigenvalue weighted by atomic mass is 32.1. The van der Waals surface area contributed by atoms with Gasteiger partial charge in [-0.1, -0.05) is 63.6 Å². The van der Waals surface area contributed by atoms with Crippen molar-refractivity contribution in [3.8, 4) is 0 Å². The molecule has 0 saturated carbocycles. The molecule has 0 radical (unpaired) electrons. The minimum atomic E-state index is 0.354. The number of allylic oxidation sites excluding steroid dienone is 1. The first-order valence-electron chi connectivity index (χ1n) is 10.8. The number of aromatic nitrogens is 2. The van der Waals surface area contributed by atoms with E-state index in [2.05, 4.69) is 66.4 Å². The quantitative estimate of drug-likeness (QED) is 0.356. The molecule has 3 aromatic rings. The van der Waals surface area contributed by atoms with Gasteiger partial charge in [-0.15, -0.1) is 11.3 Å². The molecule has 0 amide bonds. The molecule has 0 saturated heterocycles. The van der Waals surface area contributed by atoms with Crippen LogP contribution in [0.1, 0.15) is 56.5 Å². The molecule has 2 aromatic heterocycles. The van der Waals surface area contributed by atoms with Crippen LogP contribution in [0.3, 0.4) is 0 Å². The fourth-order valence-corrected chi connectivity index (χ4v) is 5.38. The molecular weight excluding hydrogens is 388 g/mol. The number of anilines is 1. The first-order chi connectivity index (χ1) is 14.5. The molecule has 2 heterocycles. The van der Waals surface area contributed by atoms with Gasteiger partial charge in [-0.05, 0) is 54.2 Å². The summed E-state index contributed by atoms with van der Waals surface area (Å²) in [7, 11) is 0. The Morgan fingerprint density at radius 3 is 2.83 bits per heavy atom. The monoisotopic (exact) mass is 418 g/mol. The van der Waals surface area contributed by atoms with Crippen LogP contribution in [0.25, 0.3) is 16.3 Å². The van der Waals surface area contributed by atoms with E-state index in [-0.39, 0.29) is 0 Å². The Morgan fingerprint density at radius 2 is 2.07 bits per heavy atom. The standard InChI is InChI=1S/C25H30N4S/c1-5-25(3,4)19-11-12-21-20(14-19)22-23(26-16-27-24(22)30-21)29-28-15-17(2)13-18-9-7-6-8-10-18/h6-10,13,15-16,19H,5,11-12,14H2,1-4H3,(H,26,27,29). The second-order valence-electron chi connectivity index (χ2n) is 8.86. The third-order valence-electron chi connectivity index (χ3n) is 6.49. The van der Waals surface area contributed by atoms with E-state index in [1.807, 2.05) is 35.8 Å². The van der Waals surface area contributed by atoms with Crippen LogP contribution in [-0.2, 0) is 12.8 Å². The summed E-state index contributed by atoms with van der Waals surface area (Å²) in [5.74, 6) is 1.51. The number of nitrogens with zero attached hydrogens (tertiary/aromatic N) is 3. The molecule has 4 nitrogen and oxygen atoms in total. The average molecular weight is 419 g/mol. The number of hydrogen-bond donors (Lipinski definition) is 1. The number of rotatable bonds is 6. The van der Waals surface area contributed by atoms with Crippen molar-refractivity contribution in [2.24, 2.45) is 16.4 Å². The van der Waals surface area contributed by atoms with Gasteiger partial charge >= 0.3 is 0 Å². The van der Waals surface area contributed by atoms with Gasteiger partial charge in [0, 0.05) is 4.88 Å². The zero-order valence-corrected chi connectivity index (χ0v) is 19.1. The van der Waals surface area contributed by atoms with Crippen LogP contribution in [0.15, 0.2) is 47.3 Å². The first kappa shape index (κ1) is 20.7. The number of aryl methyl sites for hydroxylation is 1. The van der Waals surface area contributed by atoms with Gasteiger partial charge < -0.3 is 0 Å². The van der Waals surface area contributed by atoms with Crippen molar-refractivity contribution in [3.05, 3.63) is 58.2 Å². The molecule has 1 aromatic carbocycles. The Kier molecular flexibility index (Phi) is 6.00. The molecule has 1 N–H and O–H groups in total. The molecule has 1 atom stereocenters. The maximum atomic E-state index is 4.56. The van der Waals surface area contributed by atoms with E-state index < -0.39 is 0 Å². The van der Waals surface area contributed by atoms with E-state index in [0.29, 0.717) is 11.3 Å². The molecule has 1 aliphatic rings. The topological polar surface area (TPSA) is 50.2 Å². The molecule has 1 unspecified atom stereocenters. The zero-order chi connectivity index (χ0) is 21.1. The number of hydrazone groups is 1. The number of fused-ring (bicyclic) bond motifs is 3. The van der Waals surface area contributed by atoms with E-state index in [1.165, 1.54) is 28.8 Å². The molecule has 30 heavy (non-hydrogen) atoms. The fraction of sp³-hybridized carbons (Fsp3) is 0.400. The van der Waals surface area contributed by atoms with E-state index in [0.717, 1.165) is 34.4 Å². The van der Waals surface area contributed by atoms with Crippen molar-refractivity contribution in [1.82, 2.24) is 9.97 Å². The third kappa shape index (κ3) is 4.31. The molecule has 156 valence electrons. The summed E-state index contributed by atoms with van der Waals surface area (Å²) in [6.45, 7) is 9.16. The van der Waals surface area contributed by atoms with Gasteiger partial charge in [0.25, 0.3) is 0 Å². The molecule has 5 heteroatoms. The summed E-state index contributed by atoms with van der Waals surface area (Å²) < 4.78 is 0. The van der Waals surface area contributed by atoms with E-state index >= 15 is 0 Å². The van der Waals surface area contributed by atoms with E-state index in [1.54, 1.807) is 6.33 Å². The molecule has 0 bridgehead atoms. The Morgan fingerprint density at radius 1 is 1.27 bits per heavy atom. The van der Waals surface area contributed by atoms with Crippen LogP contribution in [0, 0.1) is 11.3 Å².